The molecular formula is C19H23NO. The summed E-state index contributed by atoms with van der Waals surface area (Å²) >= 11 is 0. The smallest absolute Gasteiger partial charge is 0.164 e. The Labute approximate surface area is 127 Å². The summed E-state index contributed by atoms with van der Waals surface area (Å²) in [4.78, 5) is 12.4. The minimum atomic E-state index is -0.243. The molecule has 2 aromatic rings. The first kappa shape index (κ1) is 15.5. The van der Waals surface area contributed by atoms with Crippen LogP contribution in [0.15, 0.2) is 54.6 Å². The fourth-order valence-electron chi connectivity index (χ4n) is 2.48. The number of nitrogens with two attached hydrogens (primary N) is 1. The van der Waals surface area contributed by atoms with E-state index in [9.17, 15) is 4.79 Å². The van der Waals surface area contributed by atoms with Crippen LogP contribution in [-0.4, -0.2) is 5.78 Å². The molecule has 21 heavy (non-hydrogen) atoms. The molecule has 0 aliphatic heterocycles. The van der Waals surface area contributed by atoms with Crippen LogP contribution in [0.5, 0.6) is 0 Å². The number of benzene rings is 2. The van der Waals surface area contributed by atoms with Gasteiger partial charge in [0, 0.05) is 18.0 Å². The van der Waals surface area contributed by atoms with Crippen LogP contribution in [0.3, 0.4) is 0 Å². The van der Waals surface area contributed by atoms with Crippen molar-refractivity contribution in [3.05, 3.63) is 71.3 Å². The minimum absolute atomic E-state index is 0.108. The van der Waals surface area contributed by atoms with Gasteiger partial charge in [0.05, 0.1) is 0 Å². The van der Waals surface area contributed by atoms with E-state index in [1.54, 1.807) is 0 Å². The van der Waals surface area contributed by atoms with Gasteiger partial charge in [-0.05, 0) is 29.5 Å². The van der Waals surface area contributed by atoms with Crippen LogP contribution in [-0.2, 0) is 6.42 Å². The lowest BCUT2D eigenvalue weighted by Gasteiger charge is -2.12. The third kappa shape index (κ3) is 4.54. The highest BCUT2D eigenvalue weighted by Gasteiger charge is 2.13. The SMILES string of the molecule is CC(C)Cc1cccc(C(=O)CC(N)c2ccccc2)c1. The molecule has 0 aromatic heterocycles. The van der Waals surface area contributed by atoms with Gasteiger partial charge in [-0.3, -0.25) is 4.79 Å². The van der Waals surface area contributed by atoms with Gasteiger partial charge in [-0.15, -0.1) is 0 Å². The van der Waals surface area contributed by atoms with E-state index in [0.29, 0.717) is 12.3 Å². The van der Waals surface area contributed by atoms with Gasteiger partial charge in [0.15, 0.2) is 5.78 Å². The minimum Gasteiger partial charge on any atom is -0.324 e. The van der Waals surface area contributed by atoms with Crippen LogP contribution < -0.4 is 5.73 Å². The number of hydrogen-bond acceptors (Lipinski definition) is 2. The Morgan fingerprint density at radius 3 is 2.43 bits per heavy atom. The summed E-state index contributed by atoms with van der Waals surface area (Å²) in [7, 11) is 0. The summed E-state index contributed by atoms with van der Waals surface area (Å²) in [5.74, 6) is 0.693. The molecule has 1 unspecified atom stereocenters. The lowest BCUT2D eigenvalue weighted by atomic mass is 9.96. The Kier molecular flexibility index (Phi) is 5.29. The fourth-order valence-corrected chi connectivity index (χ4v) is 2.48. The highest BCUT2D eigenvalue weighted by atomic mass is 16.1. The Balaban J connectivity index is 2.06. The number of ketones is 1. The van der Waals surface area contributed by atoms with Crippen molar-refractivity contribution in [2.75, 3.05) is 0 Å². The summed E-state index contributed by atoms with van der Waals surface area (Å²) in [6.07, 6.45) is 1.33. The summed E-state index contributed by atoms with van der Waals surface area (Å²) in [5, 5.41) is 0. The second kappa shape index (κ2) is 7.19. The van der Waals surface area contributed by atoms with Crippen molar-refractivity contribution in [1.82, 2.24) is 0 Å². The first-order chi connectivity index (χ1) is 10.1. The van der Waals surface area contributed by atoms with Gasteiger partial charge in [0.1, 0.15) is 0 Å². The van der Waals surface area contributed by atoms with Crippen LogP contribution >= 0.6 is 0 Å². The van der Waals surface area contributed by atoms with Gasteiger partial charge in [0.2, 0.25) is 0 Å². The van der Waals surface area contributed by atoms with E-state index >= 15 is 0 Å². The normalized spacial score (nSPS) is 12.4. The molecule has 2 aromatic carbocycles. The molecule has 1 atom stereocenters. The zero-order chi connectivity index (χ0) is 15.2. The average Bonchev–Trinajstić information content (AvgIpc) is 2.47. The van der Waals surface area contributed by atoms with E-state index in [2.05, 4.69) is 19.9 Å². The zero-order valence-corrected chi connectivity index (χ0v) is 12.8. The molecule has 2 rings (SSSR count). The first-order valence-corrected chi connectivity index (χ1v) is 7.49. The van der Waals surface area contributed by atoms with Gasteiger partial charge in [-0.1, -0.05) is 62.4 Å². The zero-order valence-electron chi connectivity index (χ0n) is 12.8. The first-order valence-electron chi connectivity index (χ1n) is 7.49. The molecule has 0 heterocycles. The van der Waals surface area contributed by atoms with Gasteiger partial charge >= 0.3 is 0 Å². The van der Waals surface area contributed by atoms with Gasteiger partial charge in [-0.2, -0.15) is 0 Å². The van der Waals surface area contributed by atoms with Gasteiger partial charge < -0.3 is 5.73 Å². The highest BCUT2D eigenvalue weighted by molar-refractivity contribution is 5.96. The van der Waals surface area contributed by atoms with E-state index in [1.165, 1.54) is 5.56 Å². The Morgan fingerprint density at radius 1 is 1.05 bits per heavy atom. The molecule has 2 heteroatoms. The summed E-state index contributed by atoms with van der Waals surface area (Å²) in [5.41, 5.74) is 9.11. The lowest BCUT2D eigenvalue weighted by molar-refractivity contribution is 0.0974. The molecule has 0 amide bonds. The lowest BCUT2D eigenvalue weighted by Crippen LogP contribution is -2.15. The molecule has 0 saturated heterocycles. The molecule has 0 fully saturated rings. The average molecular weight is 281 g/mol. The van der Waals surface area contributed by atoms with Crippen molar-refractivity contribution in [2.45, 2.75) is 32.7 Å². The maximum Gasteiger partial charge on any atom is 0.164 e. The predicted molar refractivity (Wildman–Crippen MR) is 87.3 cm³/mol. The number of hydrogen-bond donors (Lipinski definition) is 1. The standard InChI is InChI=1S/C19H23NO/c1-14(2)11-15-7-6-10-17(12-15)19(21)13-18(20)16-8-4-3-5-9-16/h3-10,12,14,18H,11,13,20H2,1-2H3. The van der Waals surface area contributed by atoms with Gasteiger partial charge in [-0.25, -0.2) is 0 Å². The molecule has 0 radical (unpaired) electrons. The second-order valence-corrected chi connectivity index (χ2v) is 5.94. The Bertz CT molecular complexity index is 590. The van der Waals surface area contributed by atoms with Crippen molar-refractivity contribution >= 4 is 5.78 Å². The summed E-state index contributed by atoms with van der Waals surface area (Å²) in [6, 6.07) is 17.4. The van der Waals surface area contributed by atoms with Crippen LogP contribution in [0.1, 0.15) is 47.8 Å². The largest absolute Gasteiger partial charge is 0.324 e. The molecule has 0 spiro atoms. The van der Waals surface area contributed by atoms with Gasteiger partial charge in [0.25, 0.3) is 0 Å². The predicted octanol–water partition coefficient (Wildman–Crippen LogP) is 4.16. The molecule has 2 N–H and O–H groups in total. The molecule has 110 valence electrons. The summed E-state index contributed by atoms with van der Waals surface area (Å²) < 4.78 is 0. The third-order valence-electron chi connectivity index (χ3n) is 3.53. The van der Waals surface area contributed by atoms with Crippen molar-refractivity contribution in [3.63, 3.8) is 0 Å². The Morgan fingerprint density at radius 2 is 1.76 bits per heavy atom. The number of Topliss-reactive ketones (excluding diaryl/α,β-unsaturated/α-hetero) is 1. The molecular weight excluding hydrogens is 258 g/mol. The maximum atomic E-state index is 12.4. The van der Waals surface area contributed by atoms with Crippen LogP contribution in [0.25, 0.3) is 0 Å². The van der Waals surface area contributed by atoms with E-state index < -0.39 is 0 Å². The van der Waals surface area contributed by atoms with E-state index in [0.717, 1.165) is 17.5 Å². The number of carbonyl (C=O) groups is 1. The Hall–Kier alpha value is -1.93. The maximum absolute atomic E-state index is 12.4. The number of carbonyl (C=O) groups excluding carboxylic acids is 1. The molecule has 0 aliphatic rings. The van der Waals surface area contributed by atoms with E-state index in [4.69, 9.17) is 5.73 Å². The number of rotatable bonds is 6. The fraction of sp³-hybridized carbons (Fsp3) is 0.316. The van der Waals surface area contributed by atoms with Crippen molar-refractivity contribution < 1.29 is 4.79 Å². The van der Waals surface area contributed by atoms with E-state index in [1.807, 2.05) is 48.5 Å². The topological polar surface area (TPSA) is 43.1 Å². The molecule has 0 aliphatic carbocycles. The summed E-state index contributed by atoms with van der Waals surface area (Å²) in [6.45, 7) is 4.36. The van der Waals surface area contributed by atoms with E-state index in [-0.39, 0.29) is 11.8 Å². The van der Waals surface area contributed by atoms with Crippen LogP contribution in [0.2, 0.25) is 0 Å². The highest BCUT2D eigenvalue weighted by Crippen LogP contribution is 2.18. The molecule has 0 bridgehead atoms. The monoisotopic (exact) mass is 281 g/mol. The van der Waals surface area contributed by atoms with Crippen molar-refractivity contribution in [2.24, 2.45) is 11.7 Å². The third-order valence-corrected chi connectivity index (χ3v) is 3.53. The quantitative estimate of drug-likeness (QED) is 0.808. The van der Waals surface area contributed by atoms with Crippen LogP contribution in [0, 0.1) is 5.92 Å². The molecule has 0 saturated carbocycles. The van der Waals surface area contributed by atoms with Crippen LogP contribution in [0.4, 0.5) is 0 Å². The molecule has 2 nitrogen and oxygen atoms in total. The second-order valence-electron chi connectivity index (χ2n) is 5.94. The van der Waals surface area contributed by atoms with Crippen molar-refractivity contribution in [3.8, 4) is 0 Å². The van der Waals surface area contributed by atoms with Crippen molar-refractivity contribution in [1.29, 1.82) is 0 Å².